The summed E-state index contributed by atoms with van der Waals surface area (Å²) in [7, 11) is -3.76. The minimum Gasteiger partial charge on any atom is -0.322 e. The third kappa shape index (κ3) is 4.50. The van der Waals surface area contributed by atoms with Crippen molar-refractivity contribution in [2.45, 2.75) is 4.90 Å². The van der Waals surface area contributed by atoms with E-state index in [0.29, 0.717) is 4.47 Å². The smallest absolute Gasteiger partial charge is 0.256 e. The lowest BCUT2D eigenvalue weighted by Gasteiger charge is -2.10. The molecule has 0 aliphatic heterocycles. The van der Waals surface area contributed by atoms with E-state index in [1.54, 1.807) is 0 Å². The number of halogens is 2. The third-order valence-corrected chi connectivity index (χ3v) is 5.11. The highest BCUT2D eigenvalue weighted by atomic mass is 79.9. The summed E-state index contributed by atoms with van der Waals surface area (Å²) >= 11 is 3.21. The van der Waals surface area contributed by atoms with Gasteiger partial charge in [-0.15, -0.1) is 6.58 Å². The van der Waals surface area contributed by atoms with E-state index < -0.39 is 21.7 Å². The molecular weight excluding hydrogens is 399 g/mol. The van der Waals surface area contributed by atoms with Gasteiger partial charge in [0.2, 0.25) is 10.0 Å². The van der Waals surface area contributed by atoms with Crippen LogP contribution in [0.4, 0.5) is 10.1 Å². The fraction of sp³-hybridized carbons (Fsp3) is 0.0625. The number of rotatable bonds is 6. The lowest BCUT2D eigenvalue weighted by Crippen LogP contribution is -2.24. The molecule has 0 atom stereocenters. The quantitative estimate of drug-likeness (QED) is 0.714. The molecule has 0 saturated carbocycles. The lowest BCUT2D eigenvalue weighted by atomic mass is 10.2. The van der Waals surface area contributed by atoms with E-state index in [1.807, 2.05) is 0 Å². The Hall–Kier alpha value is -2.03. The number of sulfonamides is 1. The van der Waals surface area contributed by atoms with Gasteiger partial charge in [0.05, 0.1) is 10.5 Å². The van der Waals surface area contributed by atoms with Crippen LogP contribution in [0.25, 0.3) is 0 Å². The van der Waals surface area contributed by atoms with Gasteiger partial charge in [0.1, 0.15) is 5.82 Å². The van der Waals surface area contributed by atoms with Crippen molar-refractivity contribution in [2.75, 3.05) is 11.9 Å². The monoisotopic (exact) mass is 412 g/mol. The van der Waals surface area contributed by atoms with Crippen LogP contribution in [-0.2, 0) is 10.0 Å². The van der Waals surface area contributed by atoms with E-state index in [9.17, 15) is 17.6 Å². The second kappa shape index (κ2) is 7.69. The summed E-state index contributed by atoms with van der Waals surface area (Å²) in [6.45, 7) is 3.51. The van der Waals surface area contributed by atoms with Crippen molar-refractivity contribution in [1.82, 2.24) is 4.72 Å². The highest BCUT2D eigenvalue weighted by Crippen LogP contribution is 2.22. The summed E-state index contributed by atoms with van der Waals surface area (Å²) in [5.74, 6) is -1.05. The molecule has 8 heteroatoms. The molecule has 0 radical (unpaired) electrons. The predicted molar refractivity (Wildman–Crippen MR) is 93.9 cm³/mol. The molecule has 0 unspecified atom stereocenters. The lowest BCUT2D eigenvalue weighted by molar-refractivity contribution is 0.102. The molecule has 0 fully saturated rings. The first-order chi connectivity index (χ1) is 11.3. The molecule has 2 aromatic carbocycles. The van der Waals surface area contributed by atoms with Crippen LogP contribution in [0.1, 0.15) is 10.4 Å². The molecule has 0 spiro atoms. The molecule has 0 bridgehead atoms. The van der Waals surface area contributed by atoms with Gasteiger partial charge in [-0.05, 0) is 52.3 Å². The zero-order valence-electron chi connectivity index (χ0n) is 12.4. The van der Waals surface area contributed by atoms with Gasteiger partial charge in [-0.25, -0.2) is 17.5 Å². The average molecular weight is 413 g/mol. The van der Waals surface area contributed by atoms with Gasteiger partial charge in [0, 0.05) is 16.7 Å². The summed E-state index contributed by atoms with van der Waals surface area (Å²) in [6, 6.07) is 9.48. The Morgan fingerprint density at radius 3 is 2.67 bits per heavy atom. The number of amides is 1. The SMILES string of the molecule is C=CCNS(=O)(=O)c1ccc(Br)c(C(=O)Nc2cccc(F)c2)c1. The van der Waals surface area contributed by atoms with Gasteiger partial charge in [-0.3, -0.25) is 4.79 Å². The van der Waals surface area contributed by atoms with Crippen molar-refractivity contribution >= 4 is 37.5 Å². The van der Waals surface area contributed by atoms with Gasteiger partial charge in [-0.1, -0.05) is 12.1 Å². The standard InChI is InChI=1S/C16H14BrFN2O3S/c1-2-8-19-24(22,23)13-6-7-15(17)14(10-13)16(21)20-12-5-3-4-11(18)9-12/h2-7,9-10,19H,1,8H2,(H,20,21). The number of carbonyl (C=O) groups is 1. The maximum absolute atomic E-state index is 13.2. The van der Waals surface area contributed by atoms with Crippen LogP contribution in [-0.4, -0.2) is 20.9 Å². The molecule has 0 aliphatic carbocycles. The van der Waals surface area contributed by atoms with E-state index in [-0.39, 0.29) is 22.7 Å². The van der Waals surface area contributed by atoms with Crippen molar-refractivity contribution in [3.63, 3.8) is 0 Å². The molecule has 2 N–H and O–H groups in total. The fourth-order valence-corrected chi connectivity index (χ4v) is 3.31. The average Bonchev–Trinajstić information content (AvgIpc) is 2.53. The van der Waals surface area contributed by atoms with Crippen LogP contribution in [0, 0.1) is 5.82 Å². The fourth-order valence-electron chi connectivity index (χ4n) is 1.86. The topological polar surface area (TPSA) is 75.3 Å². The Balaban J connectivity index is 2.31. The van der Waals surface area contributed by atoms with E-state index >= 15 is 0 Å². The summed E-state index contributed by atoms with van der Waals surface area (Å²) in [4.78, 5) is 12.3. The summed E-state index contributed by atoms with van der Waals surface area (Å²) in [5, 5.41) is 2.52. The summed E-state index contributed by atoms with van der Waals surface area (Å²) in [5.41, 5.74) is 0.380. The second-order valence-electron chi connectivity index (χ2n) is 4.75. The first kappa shape index (κ1) is 18.3. The largest absolute Gasteiger partial charge is 0.322 e. The normalized spacial score (nSPS) is 11.1. The molecule has 2 aromatic rings. The Bertz CT molecular complexity index is 885. The minimum absolute atomic E-state index is 0.0584. The highest BCUT2D eigenvalue weighted by Gasteiger charge is 2.18. The van der Waals surface area contributed by atoms with Crippen molar-refractivity contribution in [2.24, 2.45) is 0 Å². The Kier molecular flexibility index (Phi) is 5.87. The molecule has 1 amide bonds. The van der Waals surface area contributed by atoms with E-state index in [0.717, 1.165) is 6.07 Å². The van der Waals surface area contributed by atoms with Crippen LogP contribution in [0.3, 0.4) is 0 Å². The van der Waals surface area contributed by atoms with Gasteiger partial charge >= 0.3 is 0 Å². The van der Waals surface area contributed by atoms with Gasteiger partial charge in [-0.2, -0.15) is 0 Å². The predicted octanol–water partition coefficient (Wildman–Crippen LogP) is 3.30. The van der Waals surface area contributed by atoms with Crippen molar-refractivity contribution in [3.05, 3.63) is 71.0 Å². The number of nitrogens with one attached hydrogen (secondary N) is 2. The Labute approximate surface area is 147 Å². The molecule has 5 nitrogen and oxygen atoms in total. The minimum atomic E-state index is -3.76. The second-order valence-corrected chi connectivity index (χ2v) is 7.37. The molecule has 0 aromatic heterocycles. The zero-order valence-corrected chi connectivity index (χ0v) is 14.8. The summed E-state index contributed by atoms with van der Waals surface area (Å²) in [6.07, 6.45) is 1.41. The molecule has 0 saturated heterocycles. The molecular formula is C16H14BrFN2O3S. The van der Waals surface area contributed by atoms with Crippen LogP contribution in [0.15, 0.2) is 64.5 Å². The van der Waals surface area contributed by atoms with Crippen LogP contribution >= 0.6 is 15.9 Å². The van der Waals surface area contributed by atoms with Crippen LogP contribution < -0.4 is 10.0 Å². The number of carbonyl (C=O) groups excluding carboxylic acids is 1. The van der Waals surface area contributed by atoms with Crippen molar-refractivity contribution in [3.8, 4) is 0 Å². The number of benzene rings is 2. The molecule has 0 aliphatic rings. The van der Waals surface area contributed by atoms with Crippen LogP contribution in [0.5, 0.6) is 0 Å². The molecule has 2 rings (SSSR count). The number of hydrogen-bond acceptors (Lipinski definition) is 3. The summed E-state index contributed by atoms with van der Waals surface area (Å²) < 4.78 is 40.2. The third-order valence-electron chi connectivity index (χ3n) is 2.99. The van der Waals surface area contributed by atoms with Crippen molar-refractivity contribution < 1.29 is 17.6 Å². The van der Waals surface area contributed by atoms with Crippen molar-refractivity contribution in [1.29, 1.82) is 0 Å². The maximum atomic E-state index is 13.2. The van der Waals surface area contributed by atoms with Crippen LogP contribution in [0.2, 0.25) is 0 Å². The first-order valence-corrected chi connectivity index (χ1v) is 9.08. The zero-order chi connectivity index (χ0) is 17.7. The molecule has 24 heavy (non-hydrogen) atoms. The highest BCUT2D eigenvalue weighted by molar-refractivity contribution is 9.10. The van der Waals surface area contributed by atoms with Gasteiger partial charge < -0.3 is 5.32 Å². The Morgan fingerprint density at radius 1 is 1.25 bits per heavy atom. The maximum Gasteiger partial charge on any atom is 0.256 e. The van der Waals surface area contributed by atoms with Gasteiger partial charge in [0.25, 0.3) is 5.91 Å². The molecule has 126 valence electrons. The first-order valence-electron chi connectivity index (χ1n) is 6.80. The number of anilines is 1. The van der Waals surface area contributed by atoms with E-state index in [2.05, 4.69) is 32.5 Å². The number of hydrogen-bond donors (Lipinski definition) is 2. The Morgan fingerprint density at radius 2 is 2.00 bits per heavy atom. The van der Waals surface area contributed by atoms with Gasteiger partial charge in [0.15, 0.2) is 0 Å². The molecule has 0 heterocycles. The van der Waals surface area contributed by atoms with E-state index in [4.69, 9.17) is 0 Å². The van der Waals surface area contributed by atoms with E-state index in [1.165, 1.54) is 42.5 Å².